The summed E-state index contributed by atoms with van der Waals surface area (Å²) in [5, 5.41) is 4.46. The van der Waals surface area contributed by atoms with E-state index in [9.17, 15) is 4.79 Å². The smallest absolute Gasteiger partial charge is 0.120 e. The Morgan fingerprint density at radius 1 is 1.53 bits per heavy atom. The second-order valence-electron chi connectivity index (χ2n) is 4.28. The SMILES string of the molecule is CCC(CC=O)c1cc(C(C)C)nn1C. The Morgan fingerprint density at radius 2 is 2.20 bits per heavy atom. The molecule has 3 heteroatoms. The Morgan fingerprint density at radius 3 is 2.60 bits per heavy atom. The number of aryl methyl sites for hydroxylation is 1. The van der Waals surface area contributed by atoms with Crippen LogP contribution >= 0.6 is 0 Å². The van der Waals surface area contributed by atoms with E-state index in [1.807, 2.05) is 11.7 Å². The van der Waals surface area contributed by atoms with Crippen LogP contribution in [0.25, 0.3) is 0 Å². The fraction of sp³-hybridized carbons (Fsp3) is 0.667. The summed E-state index contributed by atoms with van der Waals surface area (Å²) in [5.74, 6) is 0.756. The van der Waals surface area contributed by atoms with Gasteiger partial charge in [0.25, 0.3) is 0 Å². The summed E-state index contributed by atoms with van der Waals surface area (Å²) < 4.78 is 1.91. The molecule has 0 radical (unpaired) electrons. The van der Waals surface area contributed by atoms with Crippen LogP contribution in [0, 0.1) is 0 Å². The van der Waals surface area contributed by atoms with E-state index in [2.05, 4.69) is 31.9 Å². The first kappa shape index (κ1) is 12.0. The van der Waals surface area contributed by atoms with Crippen LogP contribution in [0.15, 0.2) is 6.07 Å². The molecular weight excluding hydrogens is 188 g/mol. The Hall–Kier alpha value is -1.12. The van der Waals surface area contributed by atoms with Crippen LogP contribution in [0.3, 0.4) is 0 Å². The highest BCUT2D eigenvalue weighted by Gasteiger charge is 2.15. The molecule has 0 aromatic carbocycles. The van der Waals surface area contributed by atoms with Crippen molar-refractivity contribution in [1.29, 1.82) is 0 Å². The molecule has 1 heterocycles. The molecular formula is C12H20N2O. The van der Waals surface area contributed by atoms with Gasteiger partial charge in [0, 0.05) is 25.1 Å². The molecule has 15 heavy (non-hydrogen) atoms. The van der Waals surface area contributed by atoms with Gasteiger partial charge in [-0.2, -0.15) is 5.10 Å². The van der Waals surface area contributed by atoms with Crippen molar-refractivity contribution in [2.24, 2.45) is 7.05 Å². The minimum absolute atomic E-state index is 0.312. The van der Waals surface area contributed by atoms with Crippen LogP contribution < -0.4 is 0 Å². The van der Waals surface area contributed by atoms with Crippen molar-refractivity contribution in [3.8, 4) is 0 Å². The second kappa shape index (κ2) is 5.10. The third kappa shape index (κ3) is 2.67. The van der Waals surface area contributed by atoms with Crippen LogP contribution in [-0.4, -0.2) is 16.1 Å². The number of carbonyl (C=O) groups excluding carboxylic acids is 1. The van der Waals surface area contributed by atoms with E-state index in [1.165, 1.54) is 5.69 Å². The normalized spacial score (nSPS) is 13.1. The zero-order valence-corrected chi connectivity index (χ0v) is 10.0. The van der Waals surface area contributed by atoms with Crippen molar-refractivity contribution in [1.82, 2.24) is 9.78 Å². The molecule has 0 fully saturated rings. The molecule has 1 aromatic rings. The Balaban J connectivity index is 2.96. The highest BCUT2D eigenvalue weighted by Crippen LogP contribution is 2.24. The summed E-state index contributed by atoms with van der Waals surface area (Å²) >= 11 is 0. The fourth-order valence-electron chi connectivity index (χ4n) is 1.78. The third-order valence-corrected chi connectivity index (χ3v) is 2.82. The van der Waals surface area contributed by atoms with Gasteiger partial charge in [-0.15, -0.1) is 0 Å². The molecule has 0 N–H and O–H groups in total. The quantitative estimate of drug-likeness (QED) is 0.697. The average molecular weight is 208 g/mol. The first-order chi connectivity index (χ1) is 7.10. The van der Waals surface area contributed by atoms with Crippen molar-refractivity contribution >= 4 is 6.29 Å². The van der Waals surface area contributed by atoms with Gasteiger partial charge in [-0.1, -0.05) is 20.8 Å². The second-order valence-corrected chi connectivity index (χ2v) is 4.28. The molecule has 1 unspecified atom stereocenters. The average Bonchev–Trinajstić information content (AvgIpc) is 2.57. The lowest BCUT2D eigenvalue weighted by Gasteiger charge is -2.11. The van der Waals surface area contributed by atoms with Gasteiger partial charge in [0.1, 0.15) is 6.29 Å². The van der Waals surface area contributed by atoms with Gasteiger partial charge in [0.2, 0.25) is 0 Å². The molecule has 3 nitrogen and oxygen atoms in total. The van der Waals surface area contributed by atoms with Crippen molar-refractivity contribution in [2.75, 3.05) is 0 Å². The van der Waals surface area contributed by atoms with Gasteiger partial charge in [0.05, 0.1) is 5.69 Å². The van der Waals surface area contributed by atoms with E-state index < -0.39 is 0 Å². The number of rotatable bonds is 5. The lowest BCUT2D eigenvalue weighted by Crippen LogP contribution is -2.05. The highest BCUT2D eigenvalue weighted by atomic mass is 16.1. The minimum atomic E-state index is 0.312. The summed E-state index contributed by atoms with van der Waals surface area (Å²) in [6.45, 7) is 6.37. The Bertz CT molecular complexity index is 328. The molecule has 0 saturated heterocycles. The fourth-order valence-corrected chi connectivity index (χ4v) is 1.78. The van der Waals surface area contributed by atoms with Crippen LogP contribution in [0.5, 0.6) is 0 Å². The van der Waals surface area contributed by atoms with E-state index in [0.29, 0.717) is 18.3 Å². The lowest BCUT2D eigenvalue weighted by atomic mass is 9.98. The molecule has 0 bridgehead atoms. The molecule has 0 spiro atoms. The minimum Gasteiger partial charge on any atom is -0.303 e. The summed E-state index contributed by atoms with van der Waals surface area (Å²) in [4.78, 5) is 10.6. The van der Waals surface area contributed by atoms with Crippen LogP contribution in [-0.2, 0) is 11.8 Å². The molecule has 0 saturated carbocycles. The first-order valence-corrected chi connectivity index (χ1v) is 5.57. The predicted molar refractivity (Wildman–Crippen MR) is 61.0 cm³/mol. The van der Waals surface area contributed by atoms with E-state index in [-0.39, 0.29) is 0 Å². The summed E-state index contributed by atoms with van der Waals surface area (Å²) in [7, 11) is 1.95. The summed E-state index contributed by atoms with van der Waals surface area (Å²) in [6.07, 6.45) is 2.57. The maximum atomic E-state index is 10.6. The van der Waals surface area contributed by atoms with Crippen LogP contribution in [0.1, 0.15) is 56.8 Å². The van der Waals surface area contributed by atoms with E-state index >= 15 is 0 Å². The van der Waals surface area contributed by atoms with Crippen LogP contribution in [0.2, 0.25) is 0 Å². The number of aldehydes is 1. The monoisotopic (exact) mass is 208 g/mol. The van der Waals surface area contributed by atoms with Crippen molar-refractivity contribution in [3.05, 3.63) is 17.5 Å². The number of hydrogen-bond acceptors (Lipinski definition) is 2. The van der Waals surface area contributed by atoms with Crippen molar-refractivity contribution < 1.29 is 4.79 Å². The van der Waals surface area contributed by atoms with Crippen molar-refractivity contribution in [2.45, 2.75) is 45.4 Å². The highest BCUT2D eigenvalue weighted by molar-refractivity contribution is 5.51. The maximum absolute atomic E-state index is 10.6. The number of hydrogen-bond donors (Lipinski definition) is 0. The topological polar surface area (TPSA) is 34.9 Å². The number of carbonyl (C=O) groups is 1. The molecule has 1 aromatic heterocycles. The Kier molecular flexibility index (Phi) is 4.06. The van der Waals surface area contributed by atoms with Gasteiger partial charge in [-0.3, -0.25) is 4.68 Å². The number of aromatic nitrogens is 2. The molecule has 0 aliphatic heterocycles. The van der Waals surface area contributed by atoms with Gasteiger partial charge >= 0.3 is 0 Å². The summed E-state index contributed by atoms with van der Waals surface area (Å²) in [6, 6.07) is 2.13. The summed E-state index contributed by atoms with van der Waals surface area (Å²) in [5.41, 5.74) is 2.28. The van der Waals surface area contributed by atoms with Gasteiger partial charge in [-0.05, 0) is 18.4 Å². The lowest BCUT2D eigenvalue weighted by molar-refractivity contribution is -0.108. The zero-order valence-electron chi connectivity index (χ0n) is 10.0. The van der Waals surface area contributed by atoms with Gasteiger partial charge in [-0.25, -0.2) is 0 Å². The van der Waals surface area contributed by atoms with Crippen molar-refractivity contribution in [3.63, 3.8) is 0 Å². The van der Waals surface area contributed by atoms with Gasteiger partial charge in [0.15, 0.2) is 0 Å². The molecule has 1 rings (SSSR count). The van der Waals surface area contributed by atoms with E-state index in [0.717, 1.165) is 18.4 Å². The molecule has 0 aliphatic carbocycles. The number of nitrogens with zero attached hydrogens (tertiary/aromatic N) is 2. The van der Waals surface area contributed by atoms with Gasteiger partial charge < -0.3 is 4.79 Å². The maximum Gasteiger partial charge on any atom is 0.120 e. The van der Waals surface area contributed by atoms with E-state index in [1.54, 1.807) is 0 Å². The standard InChI is InChI=1S/C12H20N2O/c1-5-10(6-7-15)12-8-11(9(2)3)13-14(12)4/h7-10H,5-6H2,1-4H3. The first-order valence-electron chi connectivity index (χ1n) is 5.57. The third-order valence-electron chi connectivity index (χ3n) is 2.82. The zero-order chi connectivity index (χ0) is 11.4. The van der Waals surface area contributed by atoms with E-state index in [4.69, 9.17) is 0 Å². The predicted octanol–water partition coefficient (Wildman–Crippen LogP) is 2.63. The Labute approximate surface area is 91.5 Å². The molecule has 0 aliphatic rings. The molecule has 84 valence electrons. The largest absolute Gasteiger partial charge is 0.303 e. The van der Waals surface area contributed by atoms with Crippen LogP contribution in [0.4, 0.5) is 0 Å². The molecule has 1 atom stereocenters. The molecule has 0 amide bonds.